The molecule has 26 heavy (non-hydrogen) atoms. The summed E-state index contributed by atoms with van der Waals surface area (Å²) in [5, 5.41) is 4.45. The van der Waals surface area contributed by atoms with E-state index in [0.717, 1.165) is 22.4 Å². The summed E-state index contributed by atoms with van der Waals surface area (Å²) in [7, 11) is 1.51. The first-order valence-corrected chi connectivity index (χ1v) is 8.87. The molecule has 3 aromatic heterocycles. The molecule has 0 N–H and O–H groups in total. The molecule has 4 aromatic rings. The summed E-state index contributed by atoms with van der Waals surface area (Å²) in [5.41, 5.74) is 2.24. The molecule has 0 radical (unpaired) electrons. The van der Waals surface area contributed by atoms with Gasteiger partial charge < -0.3 is 4.90 Å². The summed E-state index contributed by atoms with van der Waals surface area (Å²) in [6.45, 7) is 0. The van der Waals surface area contributed by atoms with Gasteiger partial charge in [0.15, 0.2) is 5.01 Å². The van der Waals surface area contributed by atoms with Crippen LogP contribution in [0.25, 0.3) is 16.8 Å². The molecular formula is C18H12ClFN4OS. The molecule has 0 aliphatic carbocycles. The Morgan fingerprint density at radius 1 is 1.23 bits per heavy atom. The van der Waals surface area contributed by atoms with Crippen molar-refractivity contribution in [1.29, 1.82) is 0 Å². The first-order valence-electron chi connectivity index (χ1n) is 7.68. The minimum Gasteiger partial charge on any atom is -0.307 e. The average molecular weight is 387 g/mol. The molecule has 4 rings (SSSR count). The summed E-state index contributed by atoms with van der Waals surface area (Å²) in [5.74, 6) is -0.904. The first kappa shape index (κ1) is 16.7. The van der Waals surface area contributed by atoms with Crippen LogP contribution in [0.4, 0.5) is 10.1 Å². The number of amides is 1. The van der Waals surface area contributed by atoms with Gasteiger partial charge >= 0.3 is 0 Å². The monoisotopic (exact) mass is 386 g/mol. The van der Waals surface area contributed by atoms with E-state index in [9.17, 15) is 9.18 Å². The number of carbonyl (C=O) groups is 1. The van der Waals surface area contributed by atoms with Crippen molar-refractivity contribution in [2.75, 3.05) is 11.9 Å². The maximum atomic E-state index is 14.0. The molecule has 0 saturated heterocycles. The van der Waals surface area contributed by atoms with Crippen molar-refractivity contribution >= 4 is 40.0 Å². The van der Waals surface area contributed by atoms with Crippen LogP contribution in [0, 0.1) is 5.82 Å². The lowest BCUT2D eigenvalue weighted by Gasteiger charge is -2.16. The fraction of sp³-hybridized carbons (Fsp3) is 0.0556. The maximum Gasteiger partial charge on any atom is 0.287 e. The molecule has 0 unspecified atom stereocenters. The van der Waals surface area contributed by atoms with E-state index >= 15 is 0 Å². The van der Waals surface area contributed by atoms with Gasteiger partial charge in [-0.05, 0) is 24.3 Å². The highest BCUT2D eigenvalue weighted by atomic mass is 35.5. The van der Waals surface area contributed by atoms with Crippen LogP contribution < -0.4 is 4.90 Å². The maximum absolute atomic E-state index is 14.0. The lowest BCUT2D eigenvalue weighted by atomic mass is 10.2. The number of hydrogen-bond donors (Lipinski definition) is 0. The second-order valence-electron chi connectivity index (χ2n) is 5.55. The van der Waals surface area contributed by atoms with Crippen molar-refractivity contribution in [3.05, 3.63) is 70.0 Å². The predicted molar refractivity (Wildman–Crippen MR) is 100 cm³/mol. The van der Waals surface area contributed by atoms with Crippen LogP contribution in [-0.4, -0.2) is 27.6 Å². The number of rotatable bonds is 3. The number of para-hydroxylation sites is 1. The van der Waals surface area contributed by atoms with Crippen LogP contribution in [0.15, 0.2) is 54.9 Å². The third kappa shape index (κ3) is 2.75. The number of benzene rings is 1. The first-order chi connectivity index (χ1) is 12.6. The second-order valence-corrected chi connectivity index (χ2v) is 7.15. The van der Waals surface area contributed by atoms with E-state index in [2.05, 4.69) is 10.1 Å². The van der Waals surface area contributed by atoms with Crippen molar-refractivity contribution in [2.45, 2.75) is 0 Å². The van der Waals surface area contributed by atoms with E-state index in [-0.39, 0.29) is 10.7 Å². The molecule has 130 valence electrons. The lowest BCUT2D eigenvalue weighted by Crippen LogP contribution is -2.26. The number of pyridine rings is 1. The van der Waals surface area contributed by atoms with E-state index in [1.807, 2.05) is 24.4 Å². The quantitative estimate of drug-likeness (QED) is 0.520. The third-order valence-electron chi connectivity index (χ3n) is 3.97. The van der Waals surface area contributed by atoms with Gasteiger partial charge in [0.2, 0.25) is 0 Å². The highest BCUT2D eigenvalue weighted by molar-refractivity contribution is 7.18. The van der Waals surface area contributed by atoms with Crippen molar-refractivity contribution in [3.8, 4) is 11.3 Å². The number of aromatic nitrogens is 3. The smallest absolute Gasteiger partial charge is 0.287 e. The van der Waals surface area contributed by atoms with Gasteiger partial charge in [-0.3, -0.25) is 4.79 Å². The molecule has 1 amide bonds. The van der Waals surface area contributed by atoms with Crippen LogP contribution in [0.1, 0.15) is 9.80 Å². The number of anilines is 1. The van der Waals surface area contributed by atoms with E-state index in [1.54, 1.807) is 22.8 Å². The van der Waals surface area contributed by atoms with Crippen molar-refractivity contribution < 1.29 is 9.18 Å². The molecule has 3 heterocycles. The van der Waals surface area contributed by atoms with E-state index in [0.29, 0.717) is 10.0 Å². The molecule has 0 atom stereocenters. The van der Waals surface area contributed by atoms with Crippen molar-refractivity contribution in [2.24, 2.45) is 0 Å². The van der Waals surface area contributed by atoms with Crippen LogP contribution >= 0.6 is 22.9 Å². The summed E-state index contributed by atoms with van der Waals surface area (Å²) in [6.07, 6.45) is 3.47. The second kappa shape index (κ2) is 6.51. The van der Waals surface area contributed by atoms with Crippen molar-refractivity contribution in [3.63, 3.8) is 0 Å². The molecule has 0 spiro atoms. The van der Waals surface area contributed by atoms with Crippen LogP contribution in [0.3, 0.4) is 0 Å². The molecule has 0 saturated carbocycles. The minimum absolute atomic E-state index is 0.182. The topological polar surface area (TPSA) is 50.5 Å². The van der Waals surface area contributed by atoms with Crippen molar-refractivity contribution in [1.82, 2.24) is 14.6 Å². The Kier molecular flexibility index (Phi) is 4.18. The molecule has 0 fully saturated rings. The SMILES string of the molecule is CN(C(=O)c1nc(-c2cnn3ccccc23)c(Cl)s1)c1ccccc1F. The van der Waals surface area contributed by atoms with Crippen LogP contribution in [-0.2, 0) is 0 Å². The van der Waals surface area contributed by atoms with Gasteiger partial charge in [-0.1, -0.05) is 41.1 Å². The van der Waals surface area contributed by atoms with Gasteiger partial charge in [0, 0.05) is 18.8 Å². The fourth-order valence-electron chi connectivity index (χ4n) is 2.65. The molecule has 0 aliphatic rings. The summed E-state index contributed by atoms with van der Waals surface area (Å²) < 4.78 is 16.0. The van der Waals surface area contributed by atoms with E-state index < -0.39 is 11.7 Å². The largest absolute Gasteiger partial charge is 0.307 e. The lowest BCUT2D eigenvalue weighted by molar-refractivity contribution is 0.0992. The zero-order chi connectivity index (χ0) is 18.3. The highest BCUT2D eigenvalue weighted by Crippen LogP contribution is 2.35. The average Bonchev–Trinajstić information content (AvgIpc) is 3.24. The molecule has 0 bridgehead atoms. The highest BCUT2D eigenvalue weighted by Gasteiger charge is 2.23. The van der Waals surface area contributed by atoms with Gasteiger partial charge in [0.05, 0.1) is 17.4 Å². The molecule has 1 aromatic carbocycles. The van der Waals surface area contributed by atoms with Gasteiger partial charge in [-0.2, -0.15) is 5.10 Å². The normalized spacial score (nSPS) is 11.0. The number of fused-ring (bicyclic) bond motifs is 1. The Labute approximate surface area is 157 Å². The van der Waals surface area contributed by atoms with Gasteiger partial charge in [-0.25, -0.2) is 13.9 Å². The number of carbonyl (C=O) groups excluding carboxylic acids is 1. The van der Waals surface area contributed by atoms with Gasteiger partial charge in [0.25, 0.3) is 5.91 Å². The molecule has 5 nitrogen and oxygen atoms in total. The standard InChI is InChI=1S/C18H12ClFN4OS/c1-23(14-8-3-2-6-12(14)20)18(25)17-22-15(16(19)26-17)11-10-21-24-9-5-4-7-13(11)24/h2-10H,1H3. The van der Waals surface area contributed by atoms with E-state index in [1.165, 1.54) is 24.1 Å². The van der Waals surface area contributed by atoms with Gasteiger partial charge in [-0.15, -0.1) is 0 Å². The minimum atomic E-state index is -0.478. The Morgan fingerprint density at radius 3 is 2.81 bits per heavy atom. The third-order valence-corrected chi connectivity index (χ3v) is 5.21. The van der Waals surface area contributed by atoms with Crippen LogP contribution in [0.5, 0.6) is 0 Å². The number of nitrogens with zero attached hydrogens (tertiary/aromatic N) is 4. The van der Waals surface area contributed by atoms with Gasteiger partial charge in [0.1, 0.15) is 15.8 Å². The Bertz CT molecular complexity index is 1120. The zero-order valence-corrected chi connectivity index (χ0v) is 15.1. The summed E-state index contributed by atoms with van der Waals surface area (Å²) in [4.78, 5) is 18.3. The molecular weight excluding hydrogens is 375 g/mol. The molecule has 0 aliphatic heterocycles. The Morgan fingerprint density at radius 2 is 2.00 bits per heavy atom. The predicted octanol–water partition coefficient (Wildman–Crippen LogP) is 4.53. The number of thiazole rings is 1. The Balaban J connectivity index is 1.73. The summed E-state index contributed by atoms with van der Waals surface area (Å²) >= 11 is 7.40. The van der Waals surface area contributed by atoms with E-state index in [4.69, 9.17) is 11.6 Å². The summed E-state index contributed by atoms with van der Waals surface area (Å²) in [6, 6.07) is 11.7. The zero-order valence-electron chi connectivity index (χ0n) is 13.6. The number of halogens is 2. The Hall–Kier alpha value is -2.77. The van der Waals surface area contributed by atoms with Crippen LogP contribution in [0.2, 0.25) is 4.34 Å². The fourth-order valence-corrected chi connectivity index (χ4v) is 3.80. The number of hydrogen-bond acceptors (Lipinski definition) is 4. The molecule has 8 heteroatoms.